The number of hydrogen-bond donors (Lipinski definition) is 2. The normalized spacial score (nSPS) is 9.62. The van der Waals surface area contributed by atoms with Crippen LogP contribution in [0.15, 0.2) is 24.3 Å². The molecule has 0 aliphatic heterocycles. The van der Waals surface area contributed by atoms with Crippen molar-refractivity contribution in [2.45, 2.75) is 6.92 Å². The van der Waals surface area contributed by atoms with E-state index in [1.807, 2.05) is 0 Å². The monoisotopic (exact) mass is 223 g/mol. The first kappa shape index (κ1) is 12.2. The SMILES string of the molecule is CC(=O)NC(=O)c1ccc(OCCO)cc1. The molecule has 86 valence electrons. The van der Waals surface area contributed by atoms with Crippen LogP contribution in [0.25, 0.3) is 0 Å². The summed E-state index contributed by atoms with van der Waals surface area (Å²) in [5, 5.41) is 10.7. The highest BCUT2D eigenvalue weighted by Crippen LogP contribution is 2.11. The predicted octanol–water partition coefficient (Wildman–Crippen LogP) is 0.334. The number of imide groups is 1. The van der Waals surface area contributed by atoms with E-state index in [0.29, 0.717) is 11.3 Å². The van der Waals surface area contributed by atoms with Crippen molar-refractivity contribution in [1.29, 1.82) is 0 Å². The molecule has 0 saturated carbocycles. The summed E-state index contributed by atoms with van der Waals surface area (Å²) in [6.07, 6.45) is 0. The van der Waals surface area contributed by atoms with Gasteiger partial charge in [-0.15, -0.1) is 0 Å². The van der Waals surface area contributed by atoms with Gasteiger partial charge in [0.1, 0.15) is 12.4 Å². The number of aliphatic hydroxyl groups is 1. The number of benzene rings is 1. The highest BCUT2D eigenvalue weighted by molar-refractivity contribution is 6.04. The lowest BCUT2D eigenvalue weighted by Crippen LogP contribution is -2.27. The minimum atomic E-state index is -0.443. The average Bonchev–Trinajstić information content (AvgIpc) is 2.26. The van der Waals surface area contributed by atoms with Crippen LogP contribution in [0.1, 0.15) is 17.3 Å². The number of hydrogen-bond acceptors (Lipinski definition) is 4. The molecule has 0 spiro atoms. The Labute approximate surface area is 93.0 Å². The molecule has 1 aromatic rings. The van der Waals surface area contributed by atoms with Gasteiger partial charge in [0, 0.05) is 12.5 Å². The maximum atomic E-state index is 11.4. The van der Waals surface area contributed by atoms with Crippen LogP contribution in [0.3, 0.4) is 0 Å². The average molecular weight is 223 g/mol. The van der Waals surface area contributed by atoms with Gasteiger partial charge in [-0.25, -0.2) is 0 Å². The molecule has 2 N–H and O–H groups in total. The van der Waals surface area contributed by atoms with E-state index in [9.17, 15) is 9.59 Å². The lowest BCUT2D eigenvalue weighted by Gasteiger charge is -2.05. The molecule has 0 bridgehead atoms. The third-order valence-corrected chi connectivity index (χ3v) is 1.77. The molecule has 0 heterocycles. The zero-order valence-electron chi connectivity index (χ0n) is 8.90. The first-order valence-electron chi connectivity index (χ1n) is 4.79. The number of carbonyl (C=O) groups is 2. The van der Waals surface area contributed by atoms with Crippen LogP contribution in [0.5, 0.6) is 5.75 Å². The maximum absolute atomic E-state index is 11.4. The van der Waals surface area contributed by atoms with Crippen molar-refractivity contribution in [2.75, 3.05) is 13.2 Å². The smallest absolute Gasteiger partial charge is 0.257 e. The van der Waals surface area contributed by atoms with Gasteiger partial charge >= 0.3 is 0 Å². The lowest BCUT2D eigenvalue weighted by atomic mass is 10.2. The fraction of sp³-hybridized carbons (Fsp3) is 0.273. The van der Waals surface area contributed by atoms with Crippen LogP contribution in [-0.2, 0) is 4.79 Å². The van der Waals surface area contributed by atoms with E-state index in [1.165, 1.54) is 6.92 Å². The van der Waals surface area contributed by atoms with Gasteiger partial charge in [0.05, 0.1) is 6.61 Å². The number of amides is 2. The van der Waals surface area contributed by atoms with Crippen molar-refractivity contribution in [1.82, 2.24) is 5.32 Å². The Balaban J connectivity index is 2.63. The molecule has 1 aromatic carbocycles. The zero-order chi connectivity index (χ0) is 12.0. The van der Waals surface area contributed by atoms with Gasteiger partial charge < -0.3 is 9.84 Å². The Morgan fingerprint density at radius 3 is 2.44 bits per heavy atom. The summed E-state index contributed by atoms with van der Waals surface area (Å²) in [5.41, 5.74) is 0.381. The number of rotatable bonds is 4. The summed E-state index contributed by atoms with van der Waals surface area (Å²) in [4.78, 5) is 22.0. The quantitative estimate of drug-likeness (QED) is 0.771. The van der Waals surface area contributed by atoms with E-state index in [-0.39, 0.29) is 13.2 Å². The molecular weight excluding hydrogens is 210 g/mol. The van der Waals surface area contributed by atoms with E-state index in [1.54, 1.807) is 24.3 Å². The molecule has 0 fully saturated rings. The molecule has 0 aliphatic rings. The Hall–Kier alpha value is -1.88. The van der Waals surface area contributed by atoms with E-state index in [2.05, 4.69) is 5.32 Å². The first-order valence-corrected chi connectivity index (χ1v) is 4.79. The highest BCUT2D eigenvalue weighted by atomic mass is 16.5. The second kappa shape index (κ2) is 5.87. The van der Waals surface area contributed by atoms with Gasteiger partial charge in [-0.3, -0.25) is 14.9 Å². The zero-order valence-corrected chi connectivity index (χ0v) is 8.90. The number of ether oxygens (including phenoxy) is 1. The minimum absolute atomic E-state index is 0.0629. The van der Waals surface area contributed by atoms with Crippen LogP contribution >= 0.6 is 0 Å². The van der Waals surface area contributed by atoms with Crippen molar-refractivity contribution in [3.05, 3.63) is 29.8 Å². The maximum Gasteiger partial charge on any atom is 0.257 e. The van der Waals surface area contributed by atoms with Gasteiger partial charge in [-0.1, -0.05) is 0 Å². The topological polar surface area (TPSA) is 75.6 Å². The second-order valence-corrected chi connectivity index (χ2v) is 3.11. The number of nitrogens with one attached hydrogen (secondary N) is 1. The summed E-state index contributed by atoms with van der Waals surface area (Å²) in [5.74, 6) is -0.278. The van der Waals surface area contributed by atoms with Crippen molar-refractivity contribution in [3.63, 3.8) is 0 Å². The molecule has 5 heteroatoms. The summed E-state index contributed by atoms with van der Waals surface area (Å²) in [6, 6.07) is 6.30. The van der Waals surface area contributed by atoms with Crippen LogP contribution in [0, 0.1) is 0 Å². The summed E-state index contributed by atoms with van der Waals surface area (Å²) < 4.78 is 5.12. The van der Waals surface area contributed by atoms with Crippen LogP contribution < -0.4 is 10.1 Å². The molecule has 1 rings (SSSR count). The molecule has 0 radical (unpaired) electrons. The third kappa shape index (κ3) is 3.70. The summed E-state index contributed by atoms with van der Waals surface area (Å²) in [6.45, 7) is 1.42. The standard InChI is InChI=1S/C11H13NO4/c1-8(14)12-11(15)9-2-4-10(5-3-9)16-7-6-13/h2-5,13H,6-7H2,1H3,(H,12,14,15). The van der Waals surface area contributed by atoms with E-state index >= 15 is 0 Å². The van der Waals surface area contributed by atoms with Crippen LogP contribution in [0.4, 0.5) is 0 Å². The molecule has 0 aliphatic carbocycles. The van der Waals surface area contributed by atoms with Crippen LogP contribution in [-0.4, -0.2) is 30.1 Å². The van der Waals surface area contributed by atoms with Gasteiger partial charge in [-0.2, -0.15) is 0 Å². The first-order chi connectivity index (χ1) is 7.63. The van der Waals surface area contributed by atoms with E-state index in [0.717, 1.165) is 0 Å². The predicted molar refractivity (Wildman–Crippen MR) is 57.2 cm³/mol. The molecule has 0 saturated heterocycles. The Morgan fingerprint density at radius 2 is 1.94 bits per heavy atom. The minimum Gasteiger partial charge on any atom is -0.491 e. The fourth-order valence-electron chi connectivity index (χ4n) is 1.10. The fourth-order valence-corrected chi connectivity index (χ4v) is 1.10. The summed E-state index contributed by atoms with van der Waals surface area (Å²) >= 11 is 0. The number of carbonyl (C=O) groups excluding carboxylic acids is 2. The van der Waals surface area contributed by atoms with Gasteiger partial charge in [0.15, 0.2) is 0 Å². The van der Waals surface area contributed by atoms with Crippen molar-refractivity contribution < 1.29 is 19.4 Å². The van der Waals surface area contributed by atoms with Gasteiger partial charge in [0.2, 0.25) is 5.91 Å². The molecule has 2 amide bonds. The third-order valence-electron chi connectivity index (χ3n) is 1.77. The van der Waals surface area contributed by atoms with Crippen LogP contribution in [0.2, 0.25) is 0 Å². The molecule has 0 aromatic heterocycles. The van der Waals surface area contributed by atoms with E-state index < -0.39 is 11.8 Å². The Kier molecular flexibility index (Phi) is 4.47. The largest absolute Gasteiger partial charge is 0.491 e. The Morgan fingerprint density at radius 1 is 1.31 bits per heavy atom. The van der Waals surface area contributed by atoms with Crippen molar-refractivity contribution in [2.24, 2.45) is 0 Å². The molecule has 16 heavy (non-hydrogen) atoms. The van der Waals surface area contributed by atoms with Crippen molar-refractivity contribution >= 4 is 11.8 Å². The second-order valence-electron chi connectivity index (χ2n) is 3.11. The highest BCUT2D eigenvalue weighted by Gasteiger charge is 2.06. The number of aliphatic hydroxyl groups excluding tert-OH is 1. The van der Waals surface area contributed by atoms with Gasteiger partial charge in [-0.05, 0) is 24.3 Å². The van der Waals surface area contributed by atoms with Gasteiger partial charge in [0.25, 0.3) is 5.91 Å². The molecule has 0 unspecified atom stereocenters. The molecule has 5 nitrogen and oxygen atoms in total. The lowest BCUT2D eigenvalue weighted by molar-refractivity contribution is -0.118. The Bertz CT molecular complexity index is 372. The van der Waals surface area contributed by atoms with Crippen molar-refractivity contribution in [3.8, 4) is 5.75 Å². The molecular formula is C11H13NO4. The molecule has 0 atom stereocenters. The van der Waals surface area contributed by atoms with E-state index in [4.69, 9.17) is 9.84 Å². The summed E-state index contributed by atoms with van der Waals surface area (Å²) in [7, 11) is 0.